The Kier molecular flexibility index (Phi) is 12.5. The number of piperidine rings is 1. The predicted molar refractivity (Wildman–Crippen MR) is 136 cm³/mol. The molecule has 6 nitrogen and oxygen atoms in total. The zero-order valence-corrected chi connectivity index (χ0v) is 20.3. The number of rotatable bonds is 15. The van der Waals surface area contributed by atoms with Crippen LogP contribution < -0.4 is 5.32 Å². The van der Waals surface area contributed by atoms with Gasteiger partial charge in [0.05, 0.1) is 19.6 Å². The Labute approximate surface area is 199 Å². The maximum absolute atomic E-state index is 10.5. The van der Waals surface area contributed by atoms with Crippen LogP contribution in [0.1, 0.15) is 50.7 Å². The number of carbonyl (C=O) groups is 1. The molecule has 0 amide bonds. The molecule has 0 atom stereocenters. The van der Waals surface area contributed by atoms with Gasteiger partial charge >= 0.3 is 5.97 Å². The molecule has 2 N–H and O–H groups in total. The molecule has 0 spiro atoms. The number of carboxylic acids is 1. The zero-order valence-electron chi connectivity index (χ0n) is 20.3. The van der Waals surface area contributed by atoms with Crippen molar-refractivity contribution in [3.63, 3.8) is 0 Å². The minimum Gasteiger partial charge on any atom is -0.481 e. The second-order valence-corrected chi connectivity index (χ2v) is 9.10. The third-order valence-electron chi connectivity index (χ3n) is 5.95. The summed E-state index contributed by atoms with van der Waals surface area (Å²) < 4.78 is 5.42. The van der Waals surface area contributed by atoms with E-state index >= 15 is 0 Å². The third kappa shape index (κ3) is 11.8. The fourth-order valence-corrected chi connectivity index (χ4v) is 3.80. The number of nitrogens with zero attached hydrogens (tertiary/aromatic N) is 2. The van der Waals surface area contributed by atoms with Gasteiger partial charge in [0.2, 0.25) is 0 Å². The number of benzene rings is 1. The van der Waals surface area contributed by atoms with Crippen LogP contribution in [0.3, 0.4) is 0 Å². The molecule has 33 heavy (non-hydrogen) atoms. The van der Waals surface area contributed by atoms with Crippen LogP contribution in [-0.4, -0.2) is 61.6 Å². The predicted octanol–water partition coefficient (Wildman–Crippen LogP) is 4.46. The van der Waals surface area contributed by atoms with E-state index in [1.165, 1.54) is 11.1 Å². The number of carboxylic acid groups (broad SMARTS) is 1. The average Bonchev–Trinajstić information content (AvgIpc) is 2.80. The molecule has 2 rings (SSSR count). The molecule has 1 heterocycles. The zero-order chi connectivity index (χ0) is 23.8. The summed E-state index contributed by atoms with van der Waals surface area (Å²) >= 11 is 0. The Hall–Kier alpha value is -2.44. The van der Waals surface area contributed by atoms with Crippen LogP contribution in [0, 0.1) is 5.41 Å². The molecule has 0 aromatic heterocycles. The van der Waals surface area contributed by atoms with Gasteiger partial charge in [-0.2, -0.15) is 0 Å². The van der Waals surface area contributed by atoms with Gasteiger partial charge in [-0.1, -0.05) is 44.2 Å². The van der Waals surface area contributed by atoms with Crippen molar-refractivity contribution in [2.24, 2.45) is 10.4 Å². The maximum atomic E-state index is 10.5. The first-order chi connectivity index (χ1) is 16.0. The summed E-state index contributed by atoms with van der Waals surface area (Å²) in [6.07, 6.45) is 14.2. The highest BCUT2D eigenvalue weighted by Crippen LogP contribution is 2.31. The molecule has 0 aliphatic carbocycles. The van der Waals surface area contributed by atoms with Crippen LogP contribution in [0.2, 0.25) is 0 Å². The highest BCUT2D eigenvalue weighted by molar-refractivity contribution is 5.71. The summed E-state index contributed by atoms with van der Waals surface area (Å²) in [5, 5.41) is 11.9. The van der Waals surface area contributed by atoms with Gasteiger partial charge in [-0.25, -0.2) is 0 Å². The maximum Gasteiger partial charge on any atom is 0.305 e. The number of ether oxygens (including phenoxy) is 1. The minimum atomic E-state index is -0.818. The van der Waals surface area contributed by atoms with Crippen LogP contribution >= 0.6 is 0 Å². The monoisotopic (exact) mass is 455 g/mol. The molecule has 0 bridgehead atoms. The van der Waals surface area contributed by atoms with Crippen molar-refractivity contribution in [1.82, 2.24) is 10.2 Å². The Morgan fingerprint density at radius 1 is 1.21 bits per heavy atom. The lowest BCUT2D eigenvalue weighted by Gasteiger charge is -2.38. The standard InChI is InChI=1S/C27H41N3O3/c1-3-14-28-15-5-4-6-16-29-23-27(2)12-17-30(18-13-27)22-25-9-7-8-24(21-25)10-19-33-20-11-26(31)32/h4-9,15-16,21,28H,3,10-14,17-20,22-23H2,1-2H3,(H,31,32)/b6-4-,15-5+,29-16?. The van der Waals surface area contributed by atoms with E-state index in [-0.39, 0.29) is 18.4 Å². The van der Waals surface area contributed by atoms with Crippen molar-refractivity contribution in [2.75, 3.05) is 39.4 Å². The first-order valence-electron chi connectivity index (χ1n) is 12.2. The second-order valence-electron chi connectivity index (χ2n) is 9.10. The minimum absolute atomic E-state index is 0.0596. The lowest BCUT2D eigenvalue weighted by molar-refractivity contribution is -0.138. The molecule has 1 aromatic carbocycles. The molecule has 0 unspecified atom stereocenters. The van der Waals surface area contributed by atoms with E-state index in [0.29, 0.717) is 6.61 Å². The first-order valence-corrected chi connectivity index (χ1v) is 12.2. The van der Waals surface area contributed by atoms with Gasteiger partial charge in [0.25, 0.3) is 0 Å². The molecule has 0 saturated carbocycles. The Morgan fingerprint density at radius 3 is 2.76 bits per heavy atom. The second kappa shape index (κ2) is 15.4. The fraction of sp³-hybridized carbons (Fsp3) is 0.556. The molecule has 1 aliphatic rings. The van der Waals surface area contributed by atoms with Gasteiger partial charge < -0.3 is 15.2 Å². The first kappa shape index (κ1) is 26.8. The molecule has 1 aliphatic heterocycles. The molecule has 6 heteroatoms. The molecule has 1 fully saturated rings. The van der Waals surface area contributed by atoms with Gasteiger partial charge in [-0.15, -0.1) is 0 Å². The van der Waals surface area contributed by atoms with Crippen LogP contribution in [0.25, 0.3) is 0 Å². The van der Waals surface area contributed by atoms with E-state index < -0.39 is 5.97 Å². The molecule has 1 saturated heterocycles. The molecule has 0 radical (unpaired) electrons. The summed E-state index contributed by atoms with van der Waals surface area (Å²) in [5.74, 6) is -0.818. The van der Waals surface area contributed by atoms with Gasteiger partial charge in [-0.3, -0.25) is 14.7 Å². The van der Waals surface area contributed by atoms with Crippen LogP contribution in [0.15, 0.2) is 53.7 Å². The Balaban J connectivity index is 1.68. The normalized spacial score (nSPS) is 16.8. The van der Waals surface area contributed by atoms with Gasteiger partial charge in [0, 0.05) is 25.8 Å². The van der Waals surface area contributed by atoms with Gasteiger partial charge in [-0.05, 0) is 73.7 Å². The fourth-order valence-electron chi connectivity index (χ4n) is 3.80. The lowest BCUT2D eigenvalue weighted by Crippen LogP contribution is -2.39. The van der Waals surface area contributed by atoms with Crippen molar-refractivity contribution in [3.05, 3.63) is 59.8 Å². The van der Waals surface area contributed by atoms with E-state index in [9.17, 15) is 4.79 Å². The third-order valence-corrected chi connectivity index (χ3v) is 5.95. The lowest BCUT2D eigenvalue weighted by atomic mass is 9.80. The van der Waals surface area contributed by atoms with E-state index in [1.807, 2.05) is 30.6 Å². The molecular formula is C27H41N3O3. The largest absolute Gasteiger partial charge is 0.481 e. The SMILES string of the molecule is CCCN/C=C/C=C\C=NCC1(C)CCN(Cc2cccc(CCOCCC(=O)O)c2)CC1. The summed E-state index contributed by atoms with van der Waals surface area (Å²) in [6.45, 7) is 10.4. The highest BCUT2D eigenvalue weighted by Gasteiger charge is 2.29. The van der Waals surface area contributed by atoms with Crippen LogP contribution in [0.5, 0.6) is 0 Å². The highest BCUT2D eigenvalue weighted by atomic mass is 16.5. The summed E-state index contributed by atoms with van der Waals surface area (Å²) in [6, 6.07) is 8.65. The quantitative estimate of drug-likeness (QED) is 0.232. The number of allylic oxidation sites excluding steroid dienone is 3. The number of nitrogens with one attached hydrogen (secondary N) is 1. The van der Waals surface area contributed by atoms with Crippen LogP contribution in [0.4, 0.5) is 0 Å². The summed E-state index contributed by atoms with van der Waals surface area (Å²) in [7, 11) is 0. The van der Waals surface area contributed by atoms with E-state index in [0.717, 1.165) is 58.4 Å². The van der Waals surface area contributed by atoms with E-state index in [2.05, 4.69) is 53.3 Å². The van der Waals surface area contributed by atoms with E-state index in [4.69, 9.17) is 9.84 Å². The summed E-state index contributed by atoms with van der Waals surface area (Å²) in [5.41, 5.74) is 2.84. The van der Waals surface area contributed by atoms with Gasteiger partial charge in [0.1, 0.15) is 0 Å². The van der Waals surface area contributed by atoms with E-state index in [1.54, 1.807) is 0 Å². The smallest absolute Gasteiger partial charge is 0.305 e. The Bertz CT molecular complexity index is 781. The van der Waals surface area contributed by atoms with Crippen molar-refractivity contribution in [1.29, 1.82) is 0 Å². The number of hydrogen-bond donors (Lipinski definition) is 2. The summed E-state index contributed by atoms with van der Waals surface area (Å²) in [4.78, 5) is 17.7. The number of aliphatic carboxylic acids is 1. The molecule has 1 aromatic rings. The average molecular weight is 456 g/mol. The van der Waals surface area contributed by atoms with Crippen molar-refractivity contribution >= 4 is 12.2 Å². The van der Waals surface area contributed by atoms with Crippen molar-refractivity contribution in [2.45, 2.75) is 52.5 Å². The topological polar surface area (TPSA) is 74.2 Å². The van der Waals surface area contributed by atoms with Crippen molar-refractivity contribution in [3.8, 4) is 0 Å². The number of hydrogen-bond acceptors (Lipinski definition) is 5. The van der Waals surface area contributed by atoms with Crippen LogP contribution in [-0.2, 0) is 22.5 Å². The Morgan fingerprint density at radius 2 is 2.00 bits per heavy atom. The molecule has 182 valence electrons. The van der Waals surface area contributed by atoms with Gasteiger partial charge in [0.15, 0.2) is 0 Å². The number of aliphatic imine (C=N–C) groups is 1. The number of likely N-dealkylation sites (tertiary alicyclic amines) is 1. The molecular weight excluding hydrogens is 414 g/mol. The van der Waals surface area contributed by atoms with Crippen molar-refractivity contribution < 1.29 is 14.6 Å².